The third-order valence-electron chi connectivity index (χ3n) is 4.90. The van der Waals surface area contributed by atoms with E-state index >= 15 is 0 Å². The molecule has 0 saturated carbocycles. The predicted molar refractivity (Wildman–Crippen MR) is 127 cm³/mol. The molecule has 33 heavy (non-hydrogen) atoms. The number of carbonyl (C=O) groups excluding carboxylic acids is 2. The van der Waals surface area contributed by atoms with Crippen molar-refractivity contribution < 1.29 is 19.1 Å². The van der Waals surface area contributed by atoms with Crippen LogP contribution in [0.25, 0.3) is 16.9 Å². The Morgan fingerprint density at radius 2 is 1.82 bits per heavy atom. The van der Waals surface area contributed by atoms with Crippen molar-refractivity contribution in [3.8, 4) is 17.0 Å². The fourth-order valence-electron chi connectivity index (χ4n) is 3.36. The predicted octanol–water partition coefficient (Wildman–Crippen LogP) is 5.16. The standard InChI is InChI=1S/C25H22ClN3O4/c1-3-32-22(30)14-27-24-23(28-21-13-8-16(2)15-29(21)24)17-9-11-18(12-10-17)33-25(31)19-6-4-5-7-20(19)26/h4-13,15,27H,3,14H2,1-2H3. The number of esters is 2. The van der Waals surface area contributed by atoms with Crippen molar-refractivity contribution in [2.45, 2.75) is 13.8 Å². The molecule has 0 fully saturated rings. The van der Waals surface area contributed by atoms with Gasteiger partial charge in [-0.05, 0) is 61.9 Å². The van der Waals surface area contributed by atoms with Crippen LogP contribution < -0.4 is 10.1 Å². The SMILES string of the molecule is CCOC(=O)CNc1c(-c2ccc(OC(=O)c3ccccc3Cl)cc2)nc2ccc(C)cn12. The van der Waals surface area contributed by atoms with Crippen LogP contribution in [-0.4, -0.2) is 34.5 Å². The van der Waals surface area contributed by atoms with Crippen molar-refractivity contribution in [2.24, 2.45) is 0 Å². The number of ether oxygens (including phenoxy) is 2. The van der Waals surface area contributed by atoms with E-state index < -0.39 is 5.97 Å². The van der Waals surface area contributed by atoms with Crippen LogP contribution in [-0.2, 0) is 9.53 Å². The molecule has 0 spiro atoms. The number of aromatic nitrogens is 2. The lowest BCUT2D eigenvalue weighted by molar-refractivity contribution is -0.140. The lowest BCUT2D eigenvalue weighted by Crippen LogP contribution is -2.18. The summed E-state index contributed by atoms with van der Waals surface area (Å²) in [5.74, 6) is 0.160. The first kappa shape index (κ1) is 22.4. The first-order chi connectivity index (χ1) is 16.0. The summed E-state index contributed by atoms with van der Waals surface area (Å²) in [5, 5.41) is 3.48. The number of nitrogens with one attached hydrogen (secondary N) is 1. The van der Waals surface area contributed by atoms with Gasteiger partial charge in [-0.25, -0.2) is 9.78 Å². The molecule has 7 nitrogen and oxygen atoms in total. The minimum Gasteiger partial charge on any atom is -0.465 e. The van der Waals surface area contributed by atoms with E-state index in [-0.39, 0.29) is 12.5 Å². The molecule has 0 amide bonds. The molecule has 0 radical (unpaired) electrons. The number of anilines is 1. The van der Waals surface area contributed by atoms with Crippen LogP contribution in [0.1, 0.15) is 22.8 Å². The maximum Gasteiger partial charge on any atom is 0.345 e. The van der Waals surface area contributed by atoms with E-state index in [0.29, 0.717) is 34.5 Å². The maximum atomic E-state index is 12.4. The van der Waals surface area contributed by atoms with E-state index in [9.17, 15) is 9.59 Å². The number of carbonyl (C=O) groups is 2. The second-order valence-corrected chi connectivity index (χ2v) is 7.70. The fourth-order valence-corrected chi connectivity index (χ4v) is 3.57. The smallest absolute Gasteiger partial charge is 0.345 e. The molecule has 168 valence electrons. The molecule has 4 aromatic rings. The van der Waals surface area contributed by atoms with Crippen molar-refractivity contribution in [1.29, 1.82) is 0 Å². The first-order valence-electron chi connectivity index (χ1n) is 10.4. The second-order valence-electron chi connectivity index (χ2n) is 7.30. The van der Waals surface area contributed by atoms with Crippen LogP contribution in [0.2, 0.25) is 5.02 Å². The Hall–Kier alpha value is -3.84. The molecule has 8 heteroatoms. The molecule has 2 aromatic carbocycles. The molecule has 1 N–H and O–H groups in total. The van der Waals surface area contributed by atoms with Gasteiger partial charge in [0.1, 0.15) is 29.5 Å². The number of hydrogen-bond acceptors (Lipinski definition) is 6. The number of fused-ring (bicyclic) bond motifs is 1. The average molecular weight is 464 g/mol. The van der Waals surface area contributed by atoms with Crippen molar-refractivity contribution in [1.82, 2.24) is 9.38 Å². The largest absolute Gasteiger partial charge is 0.465 e. The van der Waals surface area contributed by atoms with E-state index in [0.717, 1.165) is 16.8 Å². The Kier molecular flexibility index (Phi) is 6.60. The van der Waals surface area contributed by atoms with Gasteiger partial charge in [0.05, 0.1) is 17.2 Å². The summed E-state index contributed by atoms with van der Waals surface area (Å²) in [6, 6.07) is 17.6. The van der Waals surface area contributed by atoms with E-state index in [4.69, 9.17) is 26.1 Å². The minimum absolute atomic E-state index is 0.0100. The van der Waals surface area contributed by atoms with E-state index in [1.54, 1.807) is 55.5 Å². The molecule has 0 aliphatic carbocycles. The summed E-state index contributed by atoms with van der Waals surface area (Å²) in [5.41, 5.74) is 3.53. The number of aryl methyl sites for hydroxylation is 1. The molecular formula is C25H22ClN3O4. The van der Waals surface area contributed by atoms with Crippen LogP contribution in [0.4, 0.5) is 5.82 Å². The molecule has 0 unspecified atom stereocenters. The minimum atomic E-state index is -0.534. The van der Waals surface area contributed by atoms with Crippen molar-refractivity contribution in [2.75, 3.05) is 18.5 Å². The number of rotatable bonds is 7. The molecule has 0 saturated heterocycles. The van der Waals surface area contributed by atoms with Gasteiger partial charge in [0.2, 0.25) is 0 Å². The van der Waals surface area contributed by atoms with Crippen LogP contribution in [0.3, 0.4) is 0 Å². The normalized spacial score (nSPS) is 10.8. The highest BCUT2D eigenvalue weighted by molar-refractivity contribution is 6.33. The van der Waals surface area contributed by atoms with Gasteiger partial charge >= 0.3 is 11.9 Å². The molecule has 0 aliphatic heterocycles. The van der Waals surface area contributed by atoms with E-state index in [1.165, 1.54) is 0 Å². The summed E-state index contributed by atoms with van der Waals surface area (Å²) >= 11 is 6.08. The molecule has 2 aromatic heterocycles. The van der Waals surface area contributed by atoms with Gasteiger partial charge in [-0.2, -0.15) is 0 Å². The zero-order valence-electron chi connectivity index (χ0n) is 18.2. The summed E-state index contributed by atoms with van der Waals surface area (Å²) < 4.78 is 12.4. The van der Waals surface area contributed by atoms with Gasteiger partial charge < -0.3 is 14.8 Å². The number of nitrogens with zero attached hydrogens (tertiary/aromatic N) is 2. The Morgan fingerprint density at radius 3 is 2.55 bits per heavy atom. The van der Waals surface area contributed by atoms with Gasteiger partial charge in [-0.1, -0.05) is 29.8 Å². The Morgan fingerprint density at radius 1 is 1.06 bits per heavy atom. The average Bonchev–Trinajstić information content (AvgIpc) is 3.16. The Labute approximate surface area is 195 Å². The van der Waals surface area contributed by atoms with Crippen LogP contribution >= 0.6 is 11.6 Å². The zero-order valence-corrected chi connectivity index (χ0v) is 18.9. The van der Waals surface area contributed by atoms with Gasteiger partial charge in [0.25, 0.3) is 0 Å². The van der Waals surface area contributed by atoms with Crippen LogP contribution in [0.5, 0.6) is 5.75 Å². The van der Waals surface area contributed by atoms with Gasteiger partial charge in [-0.3, -0.25) is 9.20 Å². The molecule has 2 heterocycles. The lowest BCUT2D eigenvalue weighted by atomic mass is 10.1. The van der Waals surface area contributed by atoms with Crippen LogP contribution in [0.15, 0.2) is 66.9 Å². The fraction of sp³-hybridized carbons (Fsp3) is 0.160. The van der Waals surface area contributed by atoms with E-state index in [1.807, 2.05) is 29.7 Å². The second kappa shape index (κ2) is 9.75. The summed E-state index contributed by atoms with van der Waals surface area (Å²) in [6.07, 6.45) is 1.94. The number of halogens is 1. The number of hydrogen-bond donors (Lipinski definition) is 1. The molecule has 0 atom stereocenters. The third kappa shape index (κ3) is 4.99. The lowest BCUT2D eigenvalue weighted by Gasteiger charge is -2.10. The quantitative estimate of drug-likeness (QED) is 0.301. The van der Waals surface area contributed by atoms with Gasteiger partial charge in [-0.15, -0.1) is 0 Å². The first-order valence-corrected chi connectivity index (χ1v) is 10.8. The van der Waals surface area contributed by atoms with Gasteiger partial charge in [0, 0.05) is 11.8 Å². The van der Waals surface area contributed by atoms with Crippen LogP contribution in [0, 0.1) is 6.92 Å². The third-order valence-corrected chi connectivity index (χ3v) is 5.23. The van der Waals surface area contributed by atoms with E-state index in [2.05, 4.69) is 5.32 Å². The Bertz CT molecular complexity index is 1320. The van der Waals surface area contributed by atoms with Crippen molar-refractivity contribution in [3.05, 3.63) is 83.0 Å². The molecular weight excluding hydrogens is 442 g/mol. The highest BCUT2D eigenvalue weighted by Crippen LogP contribution is 2.30. The van der Waals surface area contributed by atoms with Gasteiger partial charge in [0.15, 0.2) is 0 Å². The molecule has 0 bridgehead atoms. The monoisotopic (exact) mass is 463 g/mol. The Balaban J connectivity index is 1.61. The van der Waals surface area contributed by atoms with Crippen molar-refractivity contribution in [3.63, 3.8) is 0 Å². The highest BCUT2D eigenvalue weighted by atomic mass is 35.5. The molecule has 4 rings (SSSR count). The summed E-state index contributed by atoms with van der Waals surface area (Å²) in [4.78, 5) is 29.0. The molecule has 0 aliphatic rings. The summed E-state index contributed by atoms with van der Waals surface area (Å²) in [7, 11) is 0. The number of imidazole rings is 1. The number of pyridine rings is 1. The zero-order chi connectivity index (χ0) is 23.4. The topological polar surface area (TPSA) is 81.9 Å². The van der Waals surface area contributed by atoms with Crippen molar-refractivity contribution >= 4 is 35.0 Å². The summed E-state index contributed by atoms with van der Waals surface area (Å²) in [6.45, 7) is 4.07. The highest BCUT2D eigenvalue weighted by Gasteiger charge is 2.17. The maximum absolute atomic E-state index is 12.4. The number of benzene rings is 2.